The van der Waals surface area contributed by atoms with E-state index in [1.54, 1.807) is 13.0 Å². The standard InChI is InChI=1S/C17H19NO3/c1-4-20-14-8-6-13(7-9-14)16-11-10-15(12(3)18-16)17(19)21-5-2/h6-11H,4-5H2,1-3H3. The second kappa shape index (κ2) is 6.88. The number of carbonyl (C=O) groups excluding carboxylic acids is 1. The van der Waals surface area contributed by atoms with Crippen LogP contribution in [-0.4, -0.2) is 24.2 Å². The van der Waals surface area contributed by atoms with Crippen molar-refractivity contribution in [2.75, 3.05) is 13.2 Å². The molecule has 0 atom stereocenters. The Bertz CT molecular complexity index is 620. The molecule has 0 bridgehead atoms. The molecule has 21 heavy (non-hydrogen) atoms. The topological polar surface area (TPSA) is 48.4 Å². The Hall–Kier alpha value is -2.36. The first-order valence-electron chi connectivity index (χ1n) is 7.03. The molecule has 1 aromatic carbocycles. The van der Waals surface area contributed by atoms with Crippen LogP contribution in [0.2, 0.25) is 0 Å². The number of benzene rings is 1. The van der Waals surface area contributed by atoms with Crippen molar-refractivity contribution in [3.63, 3.8) is 0 Å². The molecule has 2 aromatic rings. The zero-order valence-corrected chi connectivity index (χ0v) is 12.6. The lowest BCUT2D eigenvalue weighted by molar-refractivity contribution is 0.0525. The summed E-state index contributed by atoms with van der Waals surface area (Å²) in [6.07, 6.45) is 0. The van der Waals surface area contributed by atoms with E-state index in [9.17, 15) is 4.79 Å². The molecule has 0 fully saturated rings. The molecule has 4 heteroatoms. The quantitative estimate of drug-likeness (QED) is 0.787. The van der Waals surface area contributed by atoms with Crippen LogP contribution in [0.4, 0.5) is 0 Å². The van der Waals surface area contributed by atoms with Crippen LogP contribution in [0, 0.1) is 6.92 Å². The van der Waals surface area contributed by atoms with Crippen molar-refractivity contribution in [3.8, 4) is 17.0 Å². The molecule has 110 valence electrons. The van der Waals surface area contributed by atoms with Crippen LogP contribution in [0.3, 0.4) is 0 Å². The van der Waals surface area contributed by atoms with Gasteiger partial charge in [0.15, 0.2) is 0 Å². The number of aryl methyl sites for hydroxylation is 1. The third kappa shape index (κ3) is 3.60. The third-order valence-electron chi connectivity index (χ3n) is 3.04. The first-order chi connectivity index (χ1) is 10.2. The molecule has 1 aromatic heterocycles. The number of hydrogen-bond donors (Lipinski definition) is 0. The number of pyridine rings is 1. The van der Waals surface area contributed by atoms with Crippen molar-refractivity contribution >= 4 is 5.97 Å². The van der Waals surface area contributed by atoms with E-state index in [-0.39, 0.29) is 5.97 Å². The molecule has 0 spiro atoms. The molecule has 1 heterocycles. The SMILES string of the molecule is CCOC(=O)c1ccc(-c2ccc(OCC)cc2)nc1C. The van der Waals surface area contributed by atoms with Crippen LogP contribution < -0.4 is 4.74 Å². The number of hydrogen-bond acceptors (Lipinski definition) is 4. The van der Waals surface area contributed by atoms with Crippen LogP contribution in [0.1, 0.15) is 29.9 Å². The van der Waals surface area contributed by atoms with Crippen molar-refractivity contribution in [2.45, 2.75) is 20.8 Å². The van der Waals surface area contributed by atoms with Gasteiger partial charge in [-0.25, -0.2) is 4.79 Å². The average molecular weight is 285 g/mol. The van der Waals surface area contributed by atoms with Crippen LogP contribution in [0.15, 0.2) is 36.4 Å². The first-order valence-corrected chi connectivity index (χ1v) is 7.03. The van der Waals surface area contributed by atoms with E-state index in [4.69, 9.17) is 9.47 Å². The highest BCUT2D eigenvalue weighted by Crippen LogP contribution is 2.22. The van der Waals surface area contributed by atoms with Gasteiger partial charge in [-0.3, -0.25) is 4.98 Å². The molecule has 0 amide bonds. The Morgan fingerprint density at radius 1 is 1.05 bits per heavy atom. The fourth-order valence-electron chi connectivity index (χ4n) is 2.03. The van der Waals surface area contributed by atoms with Gasteiger partial charge in [0.2, 0.25) is 0 Å². The van der Waals surface area contributed by atoms with Gasteiger partial charge in [-0.2, -0.15) is 0 Å². The molecule has 0 aliphatic rings. The fraction of sp³-hybridized carbons (Fsp3) is 0.294. The van der Waals surface area contributed by atoms with E-state index in [2.05, 4.69) is 4.98 Å². The molecule has 0 aliphatic heterocycles. The van der Waals surface area contributed by atoms with Crippen molar-refractivity contribution < 1.29 is 14.3 Å². The second-order valence-electron chi connectivity index (χ2n) is 4.51. The van der Waals surface area contributed by atoms with Crippen molar-refractivity contribution in [2.24, 2.45) is 0 Å². The Balaban J connectivity index is 2.25. The number of rotatable bonds is 5. The fourth-order valence-corrected chi connectivity index (χ4v) is 2.03. The van der Waals surface area contributed by atoms with E-state index in [0.717, 1.165) is 17.0 Å². The number of ether oxygens (including phenoxy) is 2. The maximum absolute atomic E-state index is 11.8. The molecule has 0 N–H and O–H groups in total. The maximum Gasteiger partial charge on any atom is 0.339 e. The minimum atomic E-state index is -0.333. The Labute approximate surface area is 124 Å². The summed E-state index contributed by atoms with van der Waals surface area (Å²) in [7, 11) is 0. The monoisotopic (exact) mass is 285 g/mol. The highest BCUT2D eigenvalue weighted by Gasteiger charge is 2.12. The lowest BCUT2D eigenvalue weighted by atomic mass is 10.1. The molecule has 0 radical (unpaired) electrons. The number of carbonyl (C=O) groups is 1. The van der Waals surface area contributed by atoms with Gasteiger partial charge in [0.05, 0.1) is 30.2 Å². The number of aromatic nitrogens is 1. The van der Waals surface area contributed by atoms with E-state index >= 15 is 0 Å². The average Bonchev–Trinajstić information content (AvgIpc) is 2.48. The zero-order chi connectivity index (χ0) is 15.2. The third-order valence-corrected chi connectivity index (χ3v) is 3.04. The summed E-state index contributed by atoms with van der Waals surface area (Å²) in [6.45, 7) is 6.55. The summed E-state index contributed by atoms with van der Waals surface area (Å²) in [4.78, 5) is 16.2. The molecule has 0 aliphatic carbocycles. The van der Waals surface area contributed by atoms with Gasteiger partial charge in [-0.05, 0) is 57.2 Å². The first kappa shape index (κ1) is 15.0. The Kier molecular flexibility index (Phi) is 4.93. The molecular formula is C17H19NO3. The summed E-state index contributed by atoms with van der Waals surface area (Å²) in [5, 5.41) is 0. The van der Waals surface area contributed by atoms with Crippen LogP contribution in [-0.2, 0) is 4.74 Å². The smallest absolute Gasteiger partial charge is 0.339 e. The molecule has 2 rings (SSSR count). The summed E-state index contributed by atoms with van der Waals surface area (Å²) in [5.41, 5.74) is 2.98. The van der Waals surface area contributed by atoms with E-state index in [0.29, 0.717) is 24.5 Å². The zero-order valence-electron chi connectivity index (χ0n) is 12.6. The summed E-state index contributed by atoms with van der Waals surface area (Å²) >= 11 is 0. The summed E-state index contributed by atoms with van der Waals surface area (Å²) < 4.78 is 10.4. The largest absolute Gasteiger partial charge is 0.494 e. The van der Waals surface area contributed by atoms with Crippen molar-refractivity contribution in [3.05, 3.63) is 47.7 Å². The minimum Gasteiger partial charge on any atom is -0.494 e. The number of nitrogens with zero attached hydrogens (tertiary/aromatic N) is 1. The van der Waals surface area contributed by atoms with Gasteiger partial charge < -0.3 is 9.47 Å². The highest BCUT2D eigenvalue weighted by molar-refractivity contribution is 5.90. The minimum absolute atomic E-state index is 0.333. The summed E-state index contributed by atoms with van der Waals surface area (Å²) in [5.74, 6) is 0.502. The Morgan fingerprint density at radius 3 is 2.33 bits per heavy atom. The van der Waals surface area contributed by atoms with Gasteiger partial charge in [0, 0.05) is 5.56 Å². The van der Waals surface area contributed by atoms with E-state index in [1.165, 1.54) is 0 Å². The molecular weight excluding hydrogens is 266 g/mol. The van der Waals surface area contributed by atoms with Crippen LogP contribution in [0.5, 0.6) is 5.75 Å². The lowest BCUT2D eigenvalue weighted by Gasteiger charge is -2.08. The Morgan fingerprint density at radius 2 is 1.76 bits per heavy atom. The van der Waals surface area contributed by atoms with Crippen LogP contribution in [0.25, 0.3) is 11.3 Å². The molecule has 0 saturated heterocycles. The normalized spacial score (nSPS) is 10.2. The van der Waals surface area contributed by atoms with Gasteiger partial charge in [-0.15, -0.1) is 0 Å². The predicted octanol–water partition coefficient (Wildman–Crippen LogP) is 3.63. The maximum atomic E-state index is 11.8. The molecule has 0 unspecified atom stereocenters. The summed E-state index contributed by atoms with van der Waals surface area (Å²) in [6, 6.07) is 11.3. The molecule has 0 saturated carbocycles. The molecule has 4 nitrogen and oxygen atoms in total. The second-order valence-corrected chi connectivity index (χ2v) is 4.51. The van der Waals surface area contributed by atoms with Crippen molar-refractivity contribution in [1.82, 2.24) is 4.98 Å². The van der Waals surface area contributed by atoms with Gasteiger partial charge >= 0.3 is 5.97 Å². The highest BCUT2D eigenvalue weighted by atomic mass is 16.5. The van der Waals surface area contributed by atoms with E-state index < -0.39 is 0 Å². The number of esters is 1. The van der Waals surface area contributed by atoms with Gasteiger partial charge in [0.25, 0.3) is 0 Å². The van der Waals surface area contributed by atoms with Gasteiger partial charge in [-0.1, -0.05) is 0 Å². The van der Waals surface area contributed by atoms with Gasteiger partial charge in [0.1, 0.15) is 5.75 Å². The van der Waals surface area contributed by atoms with Crippen molar-refractivity contribution in [1.29, 1.82) is 0 Å². The van der Waals surface area contributed by atoms with Crippen LogP contribution >= 0.6 is 0 Å². The van der Waals surface area contributed by atoms with E-state index in [1.807, 2.05) is 44.2 Å². The predicted molar refractivity (Wildman–Crippen MR) is 81.5 cm³/mol. The lowest BCUT2D eigenvalue weighted by Crippen LogP contribution is -2.08.